The molecule has 0 bridgehead atoms. The van der Waals surface area contributed by atoms with Gasteiger partial charge in [0.25, 0.3) is 5.91 Å². The topological polar surface area (TPSA) is 73.9 Å². The van der Waals surface area contributed by atoms with Crippen molar-refractivity contribution in [1.82, 2.24) is 25.4 Å². The Morgan fingerprint density at radius 3 is 2.52 bits per heavy atom. The van der Waals surface area contributed by atoms with Gasteiger partial charge in [0.15, 0.2) is 5.82 Å². The number of likely N-dealkylation sites (tertiary alicyclic amines) is 1. The summed E-state index contributed by atoms with van der Waals surface area (Å²) in [5.41, 5.74) is 2.04. The van der Waals surface area contributed by atoms with Crippen LogP contribution < -0.4 is 5.32 Å². The van der Waals surface area contributed by atoms with Crippen molar-refractivity contribution in [3.05, 3.63) is 83.4 Å². The zero-order chi connectivity index (χ0) is 20.1. The van der Waals surface area contributed by atoms with Crippen molar-refractivity contribution in [3.8, 4) is 0 Å². The standard InChI is InChI=1S/C23H27N5O/c1-17-24-22(27-26-17)20-15-28(14-8-11-18-9-4-2-5-10-18)16-21(20)25-23(29)19-12-6-3-7-13-19/h2-7,9-10,12-13,20-21H,8,11,14-16H2,1H3,(H,25,29)(H,24,26,27)/t20-,21-/m1/s1. The van der Waals surface area contributed by atoms with Crippen LogP contribution in [-0.2, 0) is 6.42 Å². The van der Waals surface area contributed by atoms with Crippen molar-refractivity contribution < 1.29 is 4.79 Å². The SMILES string of the molecule is Cc1nc([C@@H]2CN(CCCc3ccccc3)C[C@H]2NC(=O)c2ccccc2)n[nH]1. The molecule has 0 aliphatic carbocycles. The molecule has 29 heavy (non-hydrogen) atoms. The maximum atomic E-state index is 12.7. The van der Waals surface area contributed by atoms with Gasteiger partial charge in [-0.15, -0.1) is 0 Å². The van der Waals surface area contributed by atoms with Crippen LogP contribution in [0.3, 0.4) is 0 Å². The van der Waals surface area contributed by atoms with E-state index in [1.807, 2.05) is 43.3 Å². The van der Waals surface area contributed by atoms with E-state index in [4.69, 9.17) is 0 Å². The molecule has 150 valence electrons. The van der Waals surface area contributed by atoms with E-state index >= 15 is 0 Å². The monoisotopic (exact) mass is 389 g/mol. The van der Waals surface area contributed by atoms with Crippen LogP contribution in [0.4, 0.5) is 0 Å². The fourth-order valence-corrected chi connectivity index (χ4v) is 3.99. The Morgan fingerprint density at radius 2 is 1.83 bits per heavy atom. The van der Waals surface area contributed by atoms with E-state index < -0.39 is 0 Å². The van der Waals surface area contributed by atoms with Crippen LogP contribution in [0, 0.1) is 6.92 Å². The zero-order valence-corrected chi connectivity index (χ0v) is 16.7. The Kier molecular flexibility index (Phi) is 6.00. The number of hydrogen-bond acceptors (Lipinski definition) is 4. The Labute approximate surface area is 171 Å². The first-order valence-corrected chi connectivity index (χ1v) is 10.2. The maximum absolute atomic E-state index is 12.7. The number of nitrogens with one attached hydrogen (secondary N) is 2. The molecule has 1 aliphatic rings. The predicted molar refractivity (Wildman–Crippen MR) is 113 cm³/mol. The Hall–Kier alpha value is -2.99. The molecule has 2 aromatic carbocycles. The number of aromatic nitrogens is 3. The lowest BCUT2D eigenvalue weighted by molar-refractivity contribution is 0.0934. The van der Waals surface area contributed by atoms with Gasteiger partial charge in [-0.25, -0.2) is 4.98 Å². The first-order chi connectivity index (χ1) is 14.2. The molecule has 1 fully saturated rings. The quantitative estimate of drug-likeness (QED) is 0.652. The second kappa shape index (κ2) is 9.01. The average Bonchev–Trinajstić information content (AvgIpc) is 3.35. The molecule has 0 radical (unpaired) electrons. The minimum atomic E-state index is -0.0426. The normalized spacial score (nSPS) is 19.3. The third kappa shape index (κ3) is 4.90. The van der Waals surface area contributed by atoms with Gasteiger partial charge in [-0.1, -0.05) is 48.5 Å². The van der Waals surface area contributed by atoms with Gasteiger partial charge in [0, 0.05) is 18.7 Å². The molecule has 6 heteroatoms. The van der Waals surface area contributed by atoms with E-state index in [1.54, 1.807) is 0 Å². The molecule has 3 aromatic rings. The largest absolute Gasteiger partial charge is 0.347 e. The molecular weight excluding hydrogens is 362 g/mol. The number of amides is 1. The summed E-state index contributed by atoms with van der Waals surface area (Å²) in [5.74, 6) is 1.63. The van der Waals surface area contributed by atoms with Gasteiger partial charge in [-0.2, -0.15) is 5.10 Å². The van der Waals surface area contributed by atoms with E-state index in [-0.39, 0.29) is 17.9 Å². The molecule has 0 saturated carbocycles. The molecule has 0 unspecified atom stereocenters. The fourth-order valence-electron chi connectivity index (χ4n) is 3.99. The summed E-state index contributed by atoms with van der Waals surface area (Å²) in [6.45, 7) is 4.56. The second-order valence-electron chi connectivity index (χ2n) is 7.68. The summed E-state index contributed by atoms with van der Waals surface area (Å²) in [6, 6.07) is 19.9. The molecule has 2 heterocycles. The van der Waals surface area contributed by atoms with E-state index in [0.717, 1.165) is 44.1 Å². The first kappa shape index (κ1) is 19.3. The summed E-state index contributed by atoms with van der Waals surface area (Å²) in [4.78, 5) is 19.7. The van der Waals surface area contributed by atoms with Crippen LogP contribution >= 0.6 is 0 Å². The molecule has 1 amide bonds. The van der Waals surface area contributed by atoms with Crippen molar-refractivity contribution in [2.45, 2.75) is 31.7 Å². The van der Waals surface area contributed by atoms with E-state index in [2.05, 4.69) is 49.7 Å². The maximum Gasteiger partial charge on any atom is 0.251 e. The number of benzene rings is 2. The molecule has 2 N–H and O–H groups in total. The van der Waals surface area contributed by atoms with Crippen LogP contribution in [0.2, 0.25) is 0 Å². The lowest BCUT2D eigenvalue weighted by Crippen LogP contribution is -2.40. The molecular formula is C23H27N5O. The smallest absolute Gasteiger partial charge is 0.251 e. The minimum Gasteiger partial charge on any atom is -0.347 e. The lowest BCUT2D eigenvalue weighted by atomic mass is 10.0. The first-order valence-electron chi connectivity index (χ1n) is 10.2. The number of H-pyrrole nitrogens is 1. The highest BCUT2D eigenvalue weighted by molar-refractivity contribution is 5.94. The number of rotatable bonds is 7. The molecule has 4 rings (SSSR count). The van der Waals surface area contributed by atoms with Crippen LogP contribution in [0.5, 0.6) is 0 Å². The summed E-state index contributed by atoms with van der Waals surface area (Å²) < 4.78 is 0. The second-order valence-corrected chi connectivity index (χ2v) is 7.68. The van der Waals surface area contributed by atoms with Gasteiger partial charge in [-0.05, 0) is 44.0 Å². The van der Waals surface area contributed by atoms with Crippen LogP contribution in [-0.4, -0.2) is 51.7 Å². The fraction of sp³-hybridized carbons (Fsp3) is 0.348. The van der Waals surface area contributed by atoms with Crippen molar-refractivity contribution >= 4 is 5.91 Å². The van der Waals surface area contributed by atoms with Crippen LogP contribution in [0.1, 0.15) is 39.9 Å². The lowest BCUT2D eigenvalue weighted by Gasteiger charge is -2.18. The highest BCUT2D eigenvalue weighted by Gasteiger charge is 2.37. The number of hydrogen-bond donors (Lipinski definition) is 2. The molecule has 0 spiro atoms. The highest BCUT2D eigenvalue weighted by atomic mass is 16.1. The third-order valence-corrected chi connectivity index (χ3v) is 5.48. The molecule has 2 atom stereocenters. The summed E-state index contributed by atoms with van der Waals surface area (Å²) in [5, 5.41) is 10.5. The van der Waals surface area contributed by atoms with Gasteiger partial charge in [-0.3, -0.25) is 9.89 Å². The number of aromatic amines is 1. The van der Waals surface area contributed by atoms with Gasteiger partial charge in [0.1, 0.15) is 5.82 Å². The van der Waals surface area contributed by atoms with Gasteiger partial charge in [0.05, 0.1) is 12.0 Å². The average molecular weight is 390 g/mol. The van der Waals surface area contributed by atoms with E-state index in [9.17, 15) is 4.79 Å². The van der Waals surface area contributed by atoms with Gasteiger partial charge < -0.3 is 10.2 Å². The molecule has 1 aliphatic heterocycles. The van der Waals surface area contributed by atoms with Crippen LogP contribution in [0.25, 0.3) is 0 Å². The number of nitrogens with zero attached hydrogens (tertiary/aromatic N) is 3. The minimum absolute atomic E-state index is 0.00497. The van der Waals surface area contributed by atoms with Crippen molar-refractivity contribution in [2.24, 2.45) is 0 Å². The molecule has 1 saturated heterocycles. The summed E-state index contributed by atoms with van der Waals surface area (Å²) in [7, 11) is 0. The van der Waals surface area contributed by atoms with Crippen molar-refractivity contribution in [2.75, 3.05) is 19.6 Å². The highest BCUT2D eigenvalue weighted by Crippen LogP contribution is 2.26. The molecule has 1 aromatic heterocycles. The Bertz CT molecular complexity index is 925. The third-order valence-electron chi connectivity index (χ3n) is 5.48. The Morgan fingerprint density at radius 1 is 1.10 bits per heavy atom. The van der Waals surface area contributed by atoms with E-state index in [0.29, 0.717) is 5.56 Å². The predicted octanol–water partition coefficient (Wildman–Crippen LogP) is 2.94. The summed E-state index contributed by atoms with van der Waals surface area (Å²) in [6.07, 6.45) is 2.14. The van der Waals surface area contributed by atoms with Crippen LogP contribution in [0.15, 0.2) is 60.7 Å². The zero-order valence-electron chi connectivity index (χ0n) is 16.7. The number of carbonyl (C=O) groups excluding carboxylic acids is 1. The van der Waals surface area contributed by atoms with Gasteiger partial charge >= 0.3 is 0 Å². The van der Waals surface area contributed by atoms with Crippen molar-refractivity contribution in [1.29, 1.82) is 0 Å². The van der Waals surface area contributed by atoms with Gasteiger partial charge in [0.2, 0.25) is 0 Å². The number of aryl methyl sites for hydroxylation is 2. The van der Waals surface area contributed by atoms with Crippen molar-refractivity contribution in [3.63, 3.8) is 0 Å². The van der Waals surface area contributed by atoms with E-state index in [1.165, 1.54) is 5.56 Å². The Balaban J connectivity index is 1.41. The number of carbonyl (C=O) groups is 1. The summed E-state index contributed by atoms with van der Waals surface area (Å²) >= 11 is 0. The molecule has 6 nitrogen and oxygen atoms in total.